The number of fused-ring (bicyclic) bond motifs is 1. The van der Waals surface area contributed by atoms with E-state index >= 15 is 0 Å². The summed E-state index contributed by atoms with van der Waals surface area (Å²) in [6.45, 7) is -0.474. The molecule has 1 saturated heterocycles. The third kappa shape index (κ3) is 1.64. The van der Waals surface area contributed by atoms with E-state index in [1.54, 1.807) is 0 Å². The second kappa shape index (κ2) is 4.49. The van der Waals surface area contributed by atoms with Crippen molar-refractivity contribution in [1.29, 1.82) is 0 Å². The molecule has 128 valence electrons. The van der Waals surface area contributed by atoms with Gasteiger partial charge in [0.15, 0.2) is 0 Å². The van der Waals surface area contributed by atoms with Crippen molar-refractivity contribution in [2.75, 3.05) is 5.73 Å². The van der Waals surface area contributed by atoms with Crippen LogP contribution in [0.3, 0.4) is 0 Å². The quantitative estimate of drug-likeness (QED) is 0.151. The maximum atomic E-state index is 12.5. The van der Waals surface area contributed by atoms with Crippen molar-refractivity contribution in [3.63, 3.8) is 0 Å². The highest BCUT2D eigenvalue weighted by Gasteiger charge is 2.75. The maximum absolute atomic E-state index is 12.5. The molecule has 9 N–H and O–H groups in total. The van der Waals surface area contributed by atoms with Gasteiger partial charge in [-0.3, -0.25) is 30.3 Å². The molecule has 1 fully saturated rings. The summed E-state index contributed by atoms with van der Waals surface area (Å²) in [6, 6.07) is 4.28. The first kappa shape index (κ1) is 16.3. The summed E-state index contributed by atoms with van der Waals surface area (Å²) < 4.78 is 0. The lowest BCUT2D eigenvalue weighted by Crippen LogP contribution is -2.88. The van der Waals surface area contributed by atoms with E-state index in [4.69, 9.17) is 11.5 Å². The highest BCUT2D eigenvalue weighted by molar-refractivity contribution is 6.10. The Labute approximate surface area is 134 Å². The molecule has 0 spiro atoms. The van der Waals surface area contributed by atoms with Gasteiger partial charge in [0.05, 0.1) is 6.54 Å². The summed E-state index contributed by atoms with van der Waals surface area (Å²) in [5, 5.41) is 42.2. The largest absolute Gasteiger partial charge is 0.398 e. The van der Waals surface area contributed by atoms with Crippen molar-refractivity contribution in [3.8, 4) is 0 Å². The van der Waals surface area contributed by atoms with Crippen LogP contribution < -0.4 is 16.8 Å². The number of hydrogen-bond acceptors (Lipinski definition) is 9. The van der Waals surface area contributed by atoms with Gasteiger partial charge >= 0.3 is 0 Å². The number of nitrogen functional groups attached to an aromatic ring is 1. The standard InChI is InChI=1S/C13H14N4O7/c14-7-3-1-2-5-6(7)4-17(8(5)18)12(22)10(20)16-9(19)11(15,21)13(12,23)24/h1-3,21-24H,4,14-15H2,(H,16,19,20). The first-order valence-corrected chi connectivity index (χ1v) is 6.70. The Kier molecular flexibility index (Phi) is 3.05. The number of carbonyl (C=O) groups is 3. The van der Waals surface area contributed by atoms with Crippen LogP contribution in [0.2, 0.25) is 0 Å². The third-order valence-corrected chi connectivity index (χ3v) is 4.30. The van der Waals surface area contributed by atoms with Gasteiger partial charge in [-0.1, -0.05) is 6.07 Å². The Hall–Kier alpha value is -2.57. The molecule has 1 aromatic rings. The molecule has 11 heteroatoms. The molecule has 24 heavy (non-hydrogen) atoms. The number of rotatable bonds is 1. The molecule has 0 bridgehead atoms. The molecule has 1 aromatic carbocycles. The number of aliphatic hydroxyl groups is 4. The minimum atomic E-state index is -3.88. The monoisotopic (exact) mass is 338 g/mol. The third-order valence-electron chi connectivity index (χ3n) is 4.30. The molecule has 11 nitrogen and oxygen atoms in total. The first-order chi connectivity index (χ1) is 11.0. The first-order valence-electron chi connectivity index (χ1n) is 6.70. The smallest absolute Gasteiger partial charge is 0.286 e. The van der Waals surface area contributed by atoms with Crippen molar-refractivity contribution in [3.05, 3.63) is 29.3 Å². The average Bonchev–Trinajstić information content (AvgIpc) is 2.84. The Morgan fingerprint density at radius 2 is 1.71 bits per heavy atom. The SMILES string of the molecule is Nc1cccc2c1CN(C1(O)C(=O)NC(=O)C(N)(O)C1(O)O)C2=O. The summed E-state index contributed by atoms with van der Waals surface area (Å²) in [5.41, 5.74) is 4.41. The summed E-state index contributed by atoms with van der Waals surface area (Å²) in [4.78, 5) is 36.5. The molecule has 2 aliphatic heterocycles. The molecule has 0 aliphatic carbocycles. The Balaban J connectivity index is 2.15. The molecule has 0 aromatic heterocycles. The van der Waals surface area contributed by atoms with Gasteiger partial charge in [0.1, 0.15) is 0 Å². The molecular weight excluding hydrogens is 324 g/mol. The number of amides is 3. The van der Waals surface area contributed by atoms with Gasteiger partial charge < -0.3 is 26.2 Å². The zero-order chi connectivity index (χ0) is 18.1. The lowest BCUT2D eigenvalue weighted by atomic mass is 9.85. The number of hydrogen-bond donors (Lipinski definition) is 7. The van der Waals surface area contributed by atoms with Crippen molar-refractivity contribution < 1.29 is 34.8 Å². The number of imide groups is 1. The summed E-state index contributed by atoms with van der Waals surface area (Å²) in [6.07, 6.45) is 0. The van der Waals surface area contributed by atoms with Crippen LogP contribution in [0.1, 0.15) is 15.9 Å². The highest BCUT2D eigenvalue weighted by Crippen LogP contribution is 2.40. The fourth-order valence-electron chi connectivity index (χ4n) is 2.80. The fraction of sp³-hybridized carbons (Fsp3) is 0.308. The Bertz CT molecular complexity index is 791. The van der Waals surface area contributed by atoms with Crippen LogP contribution in [0.4, 0.5) is 5.69 Å². The zero-order valence-corrected chi connectivity index (χ0v) is 12.1. The maximum Gasteiger partial charge on any atom is 0.286 e. The molecule has 0 radical (unpaired) electrons. The van der Waals surface area contributed by atoms with Gasteiger partial charge in [-0.2, -0.15) is 0 Å². The van der Waals surface area contributed by atoms with Gasteiger partial charge in [-0.25, -0.2) is 0 Å². The van der Waals surface area contributed by atoms with Crippen LogP contribution in [0, 0.1) is 0 Å². The summed E-state index contributed by atoms with van der Waals surface area (Å²) in [5.74, 6) is -8.13. The van der Waals surface area contributed by atoms with E-state index < -0.39 is 41.5 Å². The molecule has 2 aliphatic rings. The van der Waals surface area contributed by atoms with Crippen LogP contribution in [-0.2, 0) is 16.1 Å². The van der Waals surface area contributed by atoms with Gasteiger partial charge in [0, 0.05) is 16.8 Å². The van der Waals surface area contributed by atoms with Crippen LogP contribution in [0.25, 0.3) is 0 Å². The summed E-state index contributed by atoms with van der Waals surface area (Å²) in [7, 11) is 0. The van der Waals surface area contributed by atoms with Crippen molar-refractivity contribution in [1.82, 2.24) is 10.2 Å². The van der Waals surface area contributed by atoms with E-state index in [0.29, 0.717) is 4.90 Å². The molecule has 2 atom stereocenters. The second-order valence-electron chi connectivity index (χ2n) is 5.66. The van der Waals surface area contributed by atoms with Gasteiger partial charge in [-0.15, -0.1) is 0 Å². The number of piperidine rings is 1. The normalized spacial score (nSPS) is 31.9. The fourth-order valence-corrected chi connectivity index (χ4v) is 2.80. The van der Waals surface area contributed by atoms with Crippen LogP contribution in [-0.4, -0.2) is 60.3 Å². The van der Waals surface area contributed by atoms with E-state index in [-0.39, 0.29) is 16.8 Å². The molecule has 3 amide bonds. The molecule has 0 saturated carbocycles. The van der Waals surface area contributed by atoms with E-state index in [1.165, 1.54) is 23.5 Å². The van der Waals surface area contributed by atoms with Crippen LogP contribution >= 0.6 is 0 Å². The minimum absolute atomic E-state index is 0.0180. The molecular formula is C13H14N4O7. The minimum Gasteiger partial charge on any atom is -0.398 e. The van der Waals surface area contributed by atoms with E-state index in [2.05, 4.69) is 0 Å². The number of benzene rings is 1. The molecule has 2 unspecified atom stereocenters. The number of anilines is 1. The number of nitrogens with one attached hydrogen (secondary N) is 1. The predicted octanol–water partition coefficient (Wildman–Crippen LogP) is -4.10. The van der Waals surface area contributed by atoms with Crippen LogP contribution in [0.5, 0.6) is 0 Å². The topological polar surface area (TPSA) is 199 Å². The Morgan fingerprint density at radius 3 is 2.29 bits per heavy atom. The zero-order valence-electron chi connectivity index (χ0n) is 12.1. The van der Waals surface area contributed by atoms with E-state index in [0.717, 1.165) is 0 Å². The molecule has 3 rings (SSSR count). The van der Waals surface area contributed by atoms with E-state index in [9.17, 15) is 34.8 Å². The lowest BCUT2D eigenvalue weighted by molar-refractivity contribution is -0.361. The number of carbonyl (C=O) groups excluding carboxylic acids is 3. The van der Waals surface area contributed by atoms with Crippen molar-refractivity contribution in [2.24, 2.45) is 5.73 Å². The highest BCUT2D eigenvalue weighted by atomic mass is 16.6. The average molecular weight is 338 g/mol. The number of nitrogens with two attached hydrogens (primary N) is 2. The molecule has 2 heterocycles. The van der Waals surface area contributed by atoms with Gasteiger partial charge in [0.2, 0.25) is 0 Å². The van der Waals surface area contributed by atoms with Crippen LogP contribution in [0.15, 0.2) is 18.2 Å². The van der Waals surface area contributed by atoms with Gasteiger partial charge in [-0.05, 0) is 12.1 Å². The summed E-state index contributed by atoms with van der Waals surface area (Å²) >= 11 is 0. The number of nitrogens with zero attached hydrogens (tertiary/aromatic N) is 1. The van der Waals surface area contributed by atoms with Gasteiger partial charge in [0.25, 0.3) is 35.0 Å². The van der Waals surface area contributed by atoms with E-state index in [1.807, 2.05) is 0 Å². The predicted molar refractivity (Wildman–Crippen MR) is 75.1 cm³/mol. The Morgan fingerprint density at radius 1 is 1.08 bits per heavy atom. The lowest BCUT2D eigenvalue weighted by Gasteiger charge is -2.50. The van der Waals surface area contributed by atoms with Crippen molar-refractivity contribution in [2.45, 2.75) is 23.8 Å². The van der Waals surface area contributed by atoms with Crippen molar-refractivity contribution >= 4 is 23.4 Å². The second-order valence-corrected chi connectivity index (χ2v) is 5.66.